The molecule has 8 nitrogen and oxygen atoms in total. The number of fused-ring (bicyclic) bond motifs is 1. The third-order valence-corrected chi connectivity index (χ3v) is 6.54. The van der Waals surface area contributed by atoms with Gasteiger partial charge >= 0.3 is 12.4 Å². The van der Waals surface area contributed by atoms with Gasteiger partial charge in [-0.15, -0.1) is 0 Å². The number of nitrogens with one attached hydrogen (secondary N) is 2. The molecule has 2 unspecified atom stereocenters. The lowest BCUT2D eigenvalue weighted by atomic mass is 9.78. The van der Waals surface area contributed by atoms with Crippen molar-refractivity contribution in [3.05, 3.63) is 64.8 Å². The van der Waals surface area contributed by atoms with E-state index >= 15 is 0 Å². The molecule has 2 amide bonds. The van der Waals surface area contributed by atoms with Crippen LogP contribution in [0.1, 0.15) is 42.0 Å². The summed E-state index contributed by atoms with van der Waals surface area (Å²) in [5.41, 5.74) is -2.15. The van der Waals surface area contributed by atoms with E-state index in [1.807, 2.05) is 0 Å². The molecule has 0 saturated carbocycles. The van der Waals surface area contributed by atoms with Gasteiger partial charge in [0.05, 0.1) is 18.2 Å². The number of carbonyl (C=O) groups is 2. The van der Waals surface area contributed by atoms with Gasteiger partial charge in [-0.2, -0.15) is 31.4 Å². The first-order valence-electron chi connectivity index (χ1n) is 12.1. The van der Waals surface area contributed by atoms with Gasteiger partial charge in [0.2, 0.25) is 11.8 Å². The summed E-state index contributed by atoms with van der Waals surface area (Å²) >= 11 is 0. The van der Waals surface area contributed by atoms with Gasteiger partial charge in [-0.05, 0) is 49.7 Å². The molecule has 3 aromatic rings. The van der Waals surface area contributed by atoms with Crippen LogP contribution in [0.2, 0.25) is 0 Å². The number of amides is 2. The Bertz CT molecular complexity index is 1380. The first-order valence-corrected chi connectivity index (χ1v) is 12.1. The Kier molecular flexibility index (Phi) is 7.72. The molecule has 0 radical (unpaired) electrons. The number of alkyl halides is 6. The molecule has 1 aliphatic heterocycles. The van der Waals surface area contributed by atoms with E-state index in [0.717, 1.165) is 0 Å². The SMILES string of the molecule is CCN(CC)C(=O)C1C(=O)Nc2n[nH]cc2C1c1ccc(Oc2cc(C(F)(F)F)cc(C(F)(F)F)c2)c(OC)c1. The highest BCUT2D eigenvalue weighted by Crippen LogP contribution is 2.45. The molecule has 214 valence electrons. The molecule has 0 aliphatic carbocycles. The predicted octanol–water partition coefficient (Wildman–Crippen LogP) is 5.82. The minimum absolute atomic E-state index is 0.00312. The number of benzene rings is 2. The number of carbonyl (C=O) groups excluding carboxylic acids is 2. The molecule has 4 rings (SSSR count). The molecule has 0 fully saturated rings. The van der Waals surface area contributed by atoms with E-state index in [0.29, 0.717) is 36.3 Å². The van der Waals surface area contributed by atoms with Crippen molar-refractivity contribution in [1.82, 2.24) is 15.1 Å². The summed E-state index contributed by atoms with van der Waals surface area (Å²) in [5, 5.41) is 9.28. The molecule has 0 bridgehead atoms. The summed E-state index contributed by atoms with van der Waals surface area (Å²) in [7, 11) is 1.23. The number of ether oxygens (including phenoxy) is 2. The molecular weight excluding hydrogens is 546 g/mol. The molecular formula is C26H24F6N4O4. The molecule has 1 aliphatic rings. The number of anilines is 1. The third-order valence-electron chi connectivity index (χ3n) is 6.54. The minimum Gasteiger partial charge on any atom is -0.493 e. The maximum absolute atomic E-state index is 13.4. The Hall–Kier alpha value is -4.23. The van der Waals surface area contributed by atoms with E-state index in [1.54, 1.807) is 13.8 Å². The van der Waals surface area contributed by atoms with Crippen LogP contribution >= 0.6 is 0 Å². The molecule has 2 atom stereocenters. The van der Waals surface area contributed by atoms with Crippen molar-refractivity contribution in [2.24, 2.45) is 5.92 Å². The van der Waals surface area contributed by atoms with Crippen LogP contribution < -0.4 is 14.8 Å². The van der Waals surface area contributed by atoms with Gasteiger partial charge in [-0.3, -0.25) is 14.7 Å². The Labute approximate surface area is 224 Å². The zero-order valence-electron chi connectivity index (χ0n) is 21.4. The van der Waals surface area contributed by atoms with Crippen LogP contribution in [0.3, 0.4) is 0 Å². The van der Waals surface area contributed by atoms with E-state index < -0.39 is 52.9 Å². The maximum Gasteiger partial charge on any atom is 0.416 e. The quantitative estimate of drug-likeness (QED) is 0.276. The zero-order chi connectivity index (χ0) is 29.4. The summed E-state index contributed by atoms with van der Waals surface area (Å²) in [5.74, 6) is -3.74. The van der Waals surface area contributed by atoms with Crippen LogP contribution in [-0.4, -0.2) is 47.1 Å². The van der Waals surface area contributed by atoms with E-state index in [4.69, 9.17) is 9.47 Å². The number of hydrogen-bond donors (Lipinski definition) is 2. The van der Waals surface area contributed by atoms with Crippen molar-refractivity contribution in [2.45, 2.75) is 32.1 Å². The lowest BCUT2D eigenvalue weighted by molar-refractivity contribution is -0.144. The van der Waals surface area contributed by atoms with Crippen molar-refractivity contribution in [2.75, 3.05) is 25.5 Å². The summed E-state index contributed by atoms with van der Waals surface area (Å²) in [6, 6.07) is 5.05. The number of H-pyrrole nitrogens is 1. The minimum atomic E-state index is -5.05. The van der Waals surface area contributed by atoms with Crippen molar-refractivity contribution in [3.8, 4) is 17.2 Å². The van der Waals surface area contributed by atoms with Crippen LogP contribution in [0.25, 0.3) is 0 Å². The highest BCUT2D eigenvalue weighted by molar-refractivity contribution is 6.09. The molecule has 2 heterocycles. The number of hydrogen-bond acceptors (Lipinski definition) is 5. The van der Waals surface area contributed by atoms with Gasteiger partial charge in [0.15, 0.2) is 17.3 Å². The van der Waals surface area contributed by atoms with E-state index in [9.17, 15) is 35.9 Å². The monoisotopic (exact) mass is 570 g/mol. The van der Waals surface area contributed by atoms with E-state index in [-0.39, 0.29) is 23.4 Å². The number of rotatable bonds is 7. The average Bonchev–Trinajstić information content (AvgIpc) is 3.35. The van der Waals surface area contributed by atoms with Crippen LogP contribution in [0, 0.1) is 5.92 Å². The van der Waals surface area contributed by atoms with Gasteiger partial charge in [-0.25, -0.2) is 0 Å². The fourth-order valence-electron chi connectivity index (χ4n) is 4.59. The third kappa shape index (κ3) is 5.56. The highest BCUT2D eigenvalue weighted by atomic mass is 19.4. The highest BCUT2D eigenvalue weighted by Gasteiger charge is 2.44. The normalized spacial score (nSPS) is 17.2. The summed E-state index contributed by atoms with van der Waals surface area (Å²) in [4.78, 5) is 27.9. The van der Waals surface area contributed by atoms with Crippen LogP contribution in [0.5, 0.6) is 17.2 Å². The van der Waals surface area contributed by atoms with E-state index in [1.165, 1.54) is 36.4 Å². The maximum atomic E-state index is 13.4. The Balaban J connectivity index is 1.77. The molecule has 2 aromatic carbocycles. The van der Waals surface area contributed by atoms with Gasteiger partial charge in [0.25, 0.3) is 0 Å². The molecule has 2 N–H and O–H groups in total. The van der Waals surface area contributed by atoms with Crippen molar-refractivity contribution < 1.29 is 45.4 Å². The van der Waals surface area contributed by atoms with Crippen LogP contribution in [0.4, 0.5) is 32.2 Å². The lowest BCUT2D eigenvalue weighted by Crippen LogP contribution is -2.46. The Morgan fingerprint density at radius 2 is 1.60 bits per heavy atom. The molecule has 40 heavy (non-hydrogen) atoms. The second-order valence-electron chi connectivity index (χ2n) is 8.90. The summed E-state index contributed by atoms with van der Waals surface area (Å²) in [6.45, 7) is 4.26. The second kappa shape index (κ2) is 10.7. The fourth-order valence-corrected chi connectivity index (χ4v) is 4.59. The van der Waals surface area contributed by atoms with Gasteiger partial charge in [0.1, 0.15) is 11.7 Å². The number of nitrogens with zero attached hydrogens (tertiary/aromatic N) is 2. The van der Waals surface area contributed by atoms with E-state index in [2.05, 4.69) is 15.5 Å². The number of methoxy groups -OCH3 is 1. The lowest BCUT2D eigenvalue weighted by Gasteiger charge is -2.33. The number of halogens is 6. The van der Waals surface area contributed by atoms with Gasteiger partial charge in [0, 0.05) is 30.8 Å². The second-order valence-corrected chi connectivity index (χ2v) is 8.90. The van der Waals surface area contributed by atoms with Crippen LogP contribution in [0.15, 0.2) is 42.6 Å². The van der Waals surface area contributed by atoms with Crippen molar-refractivity contribution >= 4 is 17.6 Å². The average molecular weight is 570 g/mol. The summed E-state index contributed by atoms with van der Waals surface area (Å²) < 4.78 is 90.6. The van der Waals surface area contributed by atoms with Crippen molar-refractivity contribution in [1.29, 1.82) is 0 Å². The Morgan fingerprint density at radius 1 is 0.975 bits per heavy atom. The predicted molar refractivity (Wildman–Crippen MR) is 130 cm³/mol. The first-order chi connectivity index (χ1) is 18.8. The Morgan fingerprint density at radius 3 is 2.15 bits per heavy atom. The van der Waals surface area contributed by atoms with Crippen molar-refractivity contribution in [3.63, 3.8) is 0 Å². The molecule has 0 spiro atoms. The number of aromatic nitrogens is 2. The van der Waals surface area contributed by atoms with Crippen LogP contribution in [-0.2, 0) is 21.9 Å². The first kappa shape index (κ1) is 28.8. The smallest absolute Gasteiger partial charge is 0.416 e. The number of aromatic amines is 1. The standard InChI is InChI=1S/C26H24F6N4O4/c1-4-36(5-2)24(38)21-20(17-12-33-35-22(17)34-23(21)37)13-6-7-18(19(8-13)39-3)40-16-10-14(25(27,28)29)9-15(11-16)26(30,31)32/h6-12,20-21H,4-5H2,1-3H3,(H2,33,34,35,37). The summed E-state index contributed by atoms with van der Waals surface area (Å²) in [6.07, 6.45) is -8.58. The zero-order valence-corrected chi connectivity index (χ0v) is 21.4. The molecule has 1 aromatic heterocycles. The largest absolute Gasteiger partial charge is 0.493 e. The topological polar surface area (TPSA) is 96.6 Å². The fraction of sp³-hybridized carbons (Fsp3) is 0.346. The molecule has 14 heteroatoms. The van der Waals surface area contributed by atoms with Gasteiger partial charge < -0.3 is 19.7 Å². The molecule has 0 saturated heterocycles. The van der Waals surface area contributed by atoms with Gasteiger partial charge in [-0.1, -0.05) is 6.07 Å².